The Kier molecular flexibility index (Phi) is 8.97. The minimum atomic E-state index is -1.11. The Morgan fingerprint density at radius 1 is 1.03 bits per heavy atom. The highest BCUT2D eigenvalue weighted by atomic mass is 19.1. The Balaban J connectivity index is 1.60. The van der Waals surface area contributed by atoms with Crippen molar-refractivity contribution in [2.24, 2.45) is 16.8 Å². The van der Waals surface area contributed by atoms with Crippen LogP contribution in [-0.4, -0.2) is 62.3 Å². The molecule has 2 saturated carbocycles. The molecule has 4 N–H and O–H groups in total. The van der Waals surface area contributed by atoms with E-state index in [1.165, 1.54) is 0 Å². The molecule has 5 atom stereocenters. The lowest BCUT2D eigenvalue weighted by Gasteiger charge is -2.31. The fourth-order valence-electron chi connectivity index (χ4n) is 4.83. The second-order valence-corrected chi connectivity index (χ2v) is 9.23. The third-order valence-corrected chi connectivity index (χ3v) is 6.46. The molecule has 4 unspecified atom stereocenters. The minimum Gasteiger partial charge on any atom is -0.383 e. The van der Waals surface area contributed by atoms with Gasteiger partial charge in [-0.1, -0.05) is 0 Å². The van der Waals surface area contributed by atoms with Crippen LogP contribution in [-0.2, 0) is 9.53 Å². The standard InChI is InChI=1S/C21H36F3N5O2/c1-12(11-31-2)25-21(27-20(30)13-3-5-15(22)6-4-13)26-19-10-18(28-29-19)14-7-16(23)9-17(24)8-14/h12-19,28-29H,3-11H2,1-2H3,(H2,25,26,27,30)/t12-,13?,14?,15?,16?,17?,18?,19?/m0/s1. The van der Waals surface area contributed by atoms with Crippen LogP contribution >= 0.6 is 0 Å². The van der Waals surface area contributed by atoms with Crippen LogP contribution in [0.2, 0.25) is 0 Å². The molecular weight excluding hydrogens is 411 g/mol. The first-order valence-electron chi connectivity index (χ1n) is 11.4. The van der Waals surface area contributed by atoms with Crippen LogP contribution in [0.15, 0.2) is 4.99 Å². The van der Waals surface area contributed by atoms with Crippen molar-refractivity contribution in [2.45, 2.75) is 95.1 Å². The lowest BCUT2D eigenvalue weighted by molar-refractivity contribution is -0.124. The molecule has 1 amide bonds. The molecule has 1 heterocycles. The number of ether oxygens (including phenoxy) is 1. The average Bonchev–Trinajstić information content (AvgIpc) is 3.16. The number of hydrogen-bond donors (Lipinski definition) is 4. The van der Waals surface area contributed by atoms with Gasteiger partial charge in [0.1, 0.15) is 24.7 Å². The van der Waals surface area contributed by atoms with Gasteiger partial charge in [0.15, 0.2) is 5.96 Å². The highest BCUT2D eigenvalue weighted by molar-refractivity contribution is 5.98. The Morgan fingerprint density at radius 2 is 1.71 bits per heavy atom. The van der Waals surface area contributed by atoms with Crippen molar-refractivity contribution >= 4 is 11.9 Å². The SMILES string of the molecule is COC[C@H](C)N/C(=N\C1CC(C2CC(F)CC(F)C2)NN1)NC(=O)C1CCC(F)CC1. The van der Waals surface area contributed by atoms with E-state index in [-0.39, 0.29) is 42.4 Å². The van der Waals surface area contributed by atoms with E-state index in [0.29, 0.717) is 57.5 Å². The van der Waals surface area contributed by atoms with Crippen molar-refractivity contribution in [2.75, 3.05) is 13.7 Å². The van der Waals surface area contributed by atoms with Crippen LogP contribution in [0.4, 0.5) is 13.2 Å². The van der Waals surface area contributed by atoms with Crippen molar-refractivity contribution in [1.29, 1.82) is 0 Å². The van der Waals surface area contributed by atoms with Gasteiger partial charge in [-0.25, -0.2) is 23.6 Å². The third-order valence-electron chi connectivity index (χ3n) is 6.46. The Labute approximate surface area is 182 Å². The fourth-order valence-corrected chi connectivity index (χ4v) is 4.83. The van der Waals surface area contributed by atoms with Gasteiger partial charge in [-0.2, -0.15) is 0 Å². The lowest BCUT2D eigenvalue weighted by Crippen LogP contribution is -2.49. The third kappa shape index (κ3) is 7.32. The Bertz CT molecular complexity index is 608. The van der Waals surface area contributed by atoms with E-state index in [4.69, 9.17) is 4.74 Å². The van der Waals surface area contributed by atoms with E-state index in [0.717, 1.165) is 0 Å². The van der Waals surface area contributed by atoms with Gasteiger partial charge >= 0.3 is 0 Å². The first-order chi connectivity index (χ1) is 14.8. The number of nitrogens with one attached hydrogen (secondary N) is 4. The van der Waals surface area contributed by atoms with Crippen molar-refractivity contribution < 1.29 is 22.7 Å². The van der Waals surface area contributed by atoms with Crippen LogP contribution in [0.5, 0.6) is 0 Å². The summed E-state index contributed by atoms with van der Waals surface area (Å²) in [7, 11) is 1.59. The predicted molar refractivity (Wildman–Crippen MR) is 113 cm³/mol. The number of hydrazine groups is 1. The molecular formula is C21H36F3N5O2. The predicted octanol–water partition coefficient (Wildman–Crippen LogP) is 2.28. The van der Waals surface area contributed by atoms with Gasteiger partial charge < -0.3 is 10.1 Å². The number of methoxy groups -OCH3 is 1. The summed E-state index contributed by atoms with van der Waals surface area (Å²) in [6.07, 6.45) is -0.283. The van der Waals surface area contributed by atoms with Crippen molar-refractivity contribution in [3.63, 3.8) is 0 Å². The number of aliphatic imine (C=N–C) groups is 1. The zero-order valence-electron chi connectivity index (χ0n) is 18.4. The molecule has 0 bridgehead atoms. The number of amides is 1. The zero-order valence-corrected chi connectivity index (χ0v) is 18.4. The van der Waals surface area contributed by atoms with Crippen LogP contribution in [0.25, 0.3) is 0 Å². The number of carbonyl (C=O) groups is 1. The summed E-state index contributed by atoms with van der Waals surface area (Å²) in [6.45, 7) is 2.34. The van der Waals surface area contributed by atoms with Gasteiger partial charge in [0.25, 0.3) is 0 Å². The number of alkyl halides is 3. The molecule has 31 heavy (non-hydrogen) atoms. The zero-order chi connectivity index (χ0) is 22.4. The molecule has 0 aromatic carbocycles. The van der Waals surface area contributed by atoms with Crippen molar-refractivity contribution in [1.82, 2.24) is 21.5 Å². The summed E-state index contributed by atoms with van der Waals surface area (Å²) < 4.78 is 46.2. The lowest BCUT2D eigenvalue weighted by atomic mass is 9.81. The van der Waals surface area contributed by atoms with Gasteiger partial charge in [0.05, 0.1) is 6.61 Å². The monoisotopic (exact) mass is 447 g/mol. The molecule has 0 spiro atoms. The molecule has 1 saturated heterocycles. The maximum Gasteiger partial charge on any atom is 0.229 e. The topological polar surface area (TPSA) is 86.8 Å². The summed E-state index contributed by atoms with van der Waals surface area (Å²) in [4.78, 5) is 17.3. The minimum absolute atomic E-state index is 0.0139. The summed E-state index contributed by atoms with van der Waals surface area (Å²) >= 11 is 0. The number of carbonyl (C=O) groups excluding carboxylic acids is 1. The molecule has 0 aromatic heterocycles. The molecule has 3 aliphatic rings. The van der Waals surface area contributed by atoms with Gasteiger partial charge in [0, 0.05) is 38.0 Å². The van der Waals surface area contributed by atoms with E-state index in [2.05, 4.69) is 26.5 Å². The second kappa shape index (κ2) is 11.5. The first kappa shape index (κ1) is 24.3. The molecule has 0 aromatic rings. The fraction of sp³-hybridized carbons (Fsp3) is 0.905. The maximum atomic E-state index is 13.8. The first-order valence-corrected chi connectivity index (χ1v) is 11.4. The van der Waals surface area contributed by atoms with E-state index < -0.39 is 18.5 Å². The number of nitrogens with zero attached hydrogens (tertiary/aromatic N) is 1. The number of rotatable bonds is 6. The molecule has 3 rings (SSSR count). The Morgan fingerprint density at radius 3 is 2.35 bits per heavy atom. The normalized spacial score (nSPS) is 38.0. The molecule has 7 nitrogen and oxygen atoms in total. The van der Waals surface area contributed by atoms with Crippen LogP contribution in [0.3, 0.4) is 0 Å². The van der Waals surface area contributed by atoms with Crippen LogP contribution in [0.1, 0.15) is 58.3 Å². The summed E-state index contributed by atoms with van der Waals surface area (Å²) in [6, 6.07) is -0.174. The van der Waals surface area contributed by atoms with E-state index in [1.807, 2.05) is 6.92 Å². The van der Waals surface area contributed by atoms with Gasteiger partial charge in [-0.15, -0.1) is 0 Å². The summed E-state index contributed by atoms with van der Waals surface area (Å²) in [5, 5.41) is 6.02. The summed E-state index contributed by atoms with van der Waals surface area (Å²) in [5.74, 6) is -0.171. The molecule has 2 aliphatic carbocycles. The van der Waals surface area contributed by atoms with Gasteiger partial charge in [-0.05, 0) is 51.4 Å². The van der Waals surface area contributed by atoms with Crippen molar-refractivity contribution in [3.8, 4) is 0 Å². The average molecular weight is 448 g/mol. The van der Waals surface area contributed by atoms with Crippen LogP contribution < -0.4 is 21.5 Å². The van der Waals surface area contributed by atoms with E-state index in [9.17, 15) is 18.0 Å². The number of guanidine groups is 1. The van der Waals surface area contributed by atoms with E-state index >= 15 is 0 Å². The highest BCUT2D eigenvalue weighted by Gasteiger charge is 2.37. The van der Waals surface area contributed by atoms with E-state index in [1.54, 1.807) is 7.11 Å². The molecule has 1 aliphatic heterocycles. The highest BCUT2D eigenvalue weighted by Crippen LogP contribution is 2.33. The molecule has 10 heteroatoms. The smallest absolute Gasteiger partial charge is 0.229 e. The van der Waals surface area contributed by atoms with Crippen molar-refractivity contribution in [3.05, 3.63) is 0 Å². The maximum absolute atomic E-state index is 13.8. The summed E-state index contributed by atoms with van der Waals surface area (Å²) in [5.41, 5.74) is 6.20. The molecule has 3 fully saturated rings. The molecule has 178 valence electrons. The van der Waals surface area contributed by atoms with Gasteiger partial charge in [0.2, 0.25) is 5.91 Å². The molecule has 0 radical (unpaired) electrons. The second-order valence-electron chi connectivity index (χ2n) is 9.23. The quantitative estimate of drug-likeness (QED) is 0.371. The van der Waals surface area contributed by atoms with Gasteiger partial charge in [-0.3, -0.25) is 15.5 Å². The number of halogens is 3. The Hall–Kier alpha value is -1.39. The number of hydrogen-bond acceptors (Lipinski definition) is 5. The van der Waals surface area contributed by atoms with Crippen LogP contribution in [0, 0.1) is 11.8 Å². The largest absolute Gasteiger partial charge is 0.383 e.